The molecule has 2 aromatic rings. The van der Waals surface area contributed by atoms with Gasteiger partial charge in [0.2, 0.25) is 0 Å². The van der Waals surface area contributed by atoms with Crippen molar-refractivity contribution in [2.45, 2.75) is 26.3 Å². The van der Waals surface area contributed by atoms with Crippen LogP contribution in [0.2, 0.25) is 0 Å². The van der Waals surface area contributed by atoms with Crippen LogP contribution in [0.5, 0.6) is 5.75 Å². The highest BCUT2D eigenvalue weighted by molar-refractivity contribution is 5.27. The molecule has 2 N–H and O–H groups in total. The standard InChI is InChI=1S/C14H20N4O/c1-12-4-2-5-14(10-12)19-9-3-8-18-11-13(6-7-15)16-17-18/h2,4-5,10-11H,3,6-9,15H2,1H3. The number of aromatic nitrogens is 3. The fraction of sp³-hybridized carbons (Fsp3) is 0.429. The molecular weight excluding hydrogens is 240 g/mol. The van der Waals surface area contributed by atoms with Crippen LogP contribution in [0.15, 0.2) is 30.5 Å². The molecule has 0 atom stereocenters. The quantitative estimate of drug-likeness (QED) is 0.767. The molecule has 1 aromatic heterocycles. The molecule has 19 heavy (non-hydrogen) atoms. The Kier molecular flexibility index (Phi) is 4.92. The maximum Gasteiger partial charge on any atom is 0.119 e. The van der Waals surface area contributed by atoms with E-state index in [1.165, 1.54) is 5.56 Å². The van der Waals surface area contributed by atoms with E-state index < -0.39 is 0 Å². The van der Waals surface area contributed by atoms with Crippen LogP contribution in [-0.4, -0.2) is 28.1 Å². The molecule has 0 saturated carbocycles. The lowest BCUT2D eigenvalue weighted by Crippen LogP contribution is -2.05. The molecule has 0 saturated heterocycles. The third-order valence-electron chi connectivity index (χ3n) is 2.78. The van der Waals surface area contributed by atoms with Gasteiger partial charge in [-0.2, -0.15) is 0 Å². The van der Waals surface area contributed by atoms with Crippen molar-refractivity contribution in [1.82, 2.24) is 15.0 Å². The van der Waals surface area contributed by atoms with E-state index >= 15 is 0 Å². The molecule has 0 aliphatic rings. The Morgan fingerprint density at radius 1 is 1.37 bits per heavy atom. The van der Waals surface area contributed by atoms with E-state index in [-0.39, 0.29) is 0 Å². The summed E-state index contributed by atoms with van der Waals surface area (Å²) in [6.07, 6.45) is 3.62. The predicted molar refractivity (Wildman–Crippen MR) is 74.1 cm³/mol. The van der Waals surface area contributed by atoms with E-state index in [0.29, 0.717) is 13.2 Å². The molecule has 0 aliphatic heterocycles. The first-order valence-electron chi connectivity index (χ1n) is 6.56. The maximum atomic E-state index is 5.68. The molecule has 0 bridgehead atoms. The number of ether oxygens (including phenoxy) is 1. The summed E-state index contributed by atoms with van der Waals surface area (Å²) in [4.78, 5) is 0. The van der Waals surface area contributed by atoms with Crippen LogP contribution in [-0.2, 0) is 13.0 Å². The summed E-state index contributed by atoms with van der Waals surface area (Å²) in [6, 6.07) is 8.07. The van der Waals surface area contributed by atoms with Gasteiger partial charge >= 0.3 is 0 Å². The first-order chi connectivity index (χ1) is 9.28. The van der Waals surface area contributed by atoms with Gasteiger partial charge in [-0.05, 0) is 31.2 Å². The summed E-state index contributed by atoms with van der Waals surface area (Å²) in [5.41, 5.74) is 7.63. The molecule has 0 radical (unpaired) electrons. The van der Waals surface area contributed by atoms with Crippen molar-refractivity contribution in [2.24, 2.45) is 5.73 Å². The van der Waals surface area contributed by atoms with E-state index in [2.05, 4.69) is 23.3 Å². The average molecular weight is 260 g/mol. The van der Waals surface area contributed by atoms with Gasteiger partial charge in [-0.25, -0.2) is 0 Å². The van der Waals surface area contributed by atoms with Crippen LogP contribution >= 0.6 is 0 Å². The summed E-state index contributed by atoms with van der Waals surface area (Å²) < 4.78 is 7.52. The molecule has 102 valence electrons. The van der Waals surface area contributed by atoms with Gasteiger partial charge in [0.1, 0.15) is 5.75 Å². The lowest BCUT2D eigenvalue weighted by atomic mass is 10.2. The molecule has 0 fully saturated rings. The Bertz CT molecular complexity index is 510. The predicted octanol–water partition coefficient (Wildman–Crippen LogP) is 1.56. The second kappa shape index (κ2) is 6.89. The first kappa shape index (κ1) is 13.5. The monoisotopic (exact) mass is 260 g/mol. The van der Waals surface area contributed by atoms with E-state index in [4.69, 9.17) is 10.5 Å². The second-order valence-electron chi connectivity index (χ2n) is 4.53. The zero-order chi connectivity index (χ0) is 13.5. The summed E-state index contributed by atoms with van der Waals surface area (Å²) in [6.45, 7) is 4.15. The van der Waals surface area contributed by atoms with Crippen molar-refractivity contribution in [3.05, 3.63) is 41.7 Å². The Morgan fingerprint density at radius 2 is 2.26 bits per heavy atom. The smallest absolute Gasteiger partial charge is 0.119 e. The number of aryl methyl sites for hydroxylation is 2. The Balaban J connectivity index is 1.71. The number of nitrogens with two attached hydrogens (primary N) is 1. The Hall–Kier alpha value is -1.88. The summed E-state index contributed by atoms with van der Waals surface area (Å²) in [5.74, 6) is 0.919. The van der Waals surface area contributed by atoms with Gasteiger partial charge in [0.05, 0.1) is 12.3 Å². The fourth-order valence-electron chi connectivity index (χ4n) is 1.83. The van der Waals surface area contributed by atoms with Gasteiger partial charge in [0.25, 0.3) is 0 Å². The van der Waals surface area contributed by atoms with Crippen molar-refractivity contribution in [3.8, 4) is 5.75 Å². The van der Waals surface area contributed by atoms with Crippen molar-refractivity contribution >= 4 is 0 Å². The minimum Gasteiger partial charge on any atom is -0.494 e. The third kappa shape index (κ3) is 4.37. The van der Waals surface area contributed by atoms with Crippen LogP contribution in [0.1, 0.15) is 17.7 Å². The molecule has 1 aromatic carbocycles. The molecule has 0 aliphatic carbocycles. The van der Waals surface area contributed by atoms with Crippen molar-refractivity contribution in [3.63, 3.8) is 0 Å². The normalized spacial score (nSPS) is 10.6. The van der Waals surface area contributed by atoms with Gasteiger partial charge in [-0.3, -0.25) is 4.68 Å². The maximum absolute atomic E-state index is 5.68. The van der Waals surface area contributed by atoms with Crippen molar-refractivity contribution in [2.75, 3.05) is 13.2 Å². The molecule has 0 unspecified atom stereocenters. The van der Waals surface area contributed by atoms with Crippen molar-refractivity contribution in [1.29, 1.82) is 0 Å². The van der Waals surface area contributed by atoms with Crippen LogP contribution in [0, 0.1) is 6.92 Å². The number of nitrogens with zero attached hydrogens (tertiary/aromatic N) is 3. The minimum atomic E-state index is 0.606. The van der Waals surface area contributed by atoms with Crippen LogP contribution in [0.25, 0.3) is 0 Å². The molecule has 5 heteroatoms. The topological polar surface area (TPSA) is 66.0 Å². The number of rotatable bonds is 7. The van der Waals surface area contributed by atoms with E-state index in [1.54, 1.807) is 0 Å². The lowest BCUT2D eigenvalue weighted by molar-refractivity contribution is 0.298. The van der Waals surface area contributed by atoms with Crippen LogP contribution in [0.4, 0.5) is 0 Å². The molecular formula is C14H20N4O. The molecule has 0 spiro atoms. The minimum absolute atomic E-state index is 0.606. The molecule has 0 amide bonds. The van der Waals surface area contributed by atoms with E-state index in [0.717, 1.165) is 30.8 Å². The molecule has 1 heterocycles. The van der Waals surface area contributed by atoms with Gasteiger partial charge < -0.3 is 10.5 Å². The van der Waals surface area contributed by atoms with Gasteiger partial charge in [0, 0.05) is 25.6 Å². The average Bonchev–Trinajstić information content (AvgIpc) is 2.83. The first-order valence-corrected chi connectivity index (χ1v) is 6.56. The highest BCUT2D eigenvalue weighted by Crippen LogP contribution is 2.12. The van der Waals surface area contributed by atoms with E-state index in [9.17, 15) is 0 Å². The Morgan fingerprint density at radius 3 is 3.05 bits per heavy atom. The van der Waals surface area contributed by atoms with Gasteiger partial charge in [-0.15, -0.1) is 5.10 Å². The summed E-state index contributed by atoms with van der Waals surface area (Å²) in [7, 11) is 0. The van der Waals surface area contributed by atoms with Crippen LogP contribution < -0.4 is 10.5 Å². The summed E-state index contributed by atoms with van der Waals surface area (Å²) >= 11 is 0. The summed E-state index contributed by atoms with van der Waals surface area (Å²) in [5, 5.41) is 8.10. The number of hydrogen-bond donors (Lipinski definition) is 1. The zero-order valence-electron chi connectivity index (χ0n) is 11.2. The fourth-order valence-corrected chi connectivity index (χ4v) is 1.83. The highest BCUT2D eigenvalue weighted by atomic mass is 16.5. The van der Waals surface area contributed by atoms with E-state index in [1.807, 2.05) is 29.1 Å². The lowest BCUT2D eigenvalue weighted by Gasteiger charge is -2.06. The Labute approximate surface area is 113 Å². The highest BCUT2D eigenvalue weighted by Gasteiger charge is 2.00. The van der Waals surface area contributed by atoms with Gasteiger partial charge in [0.15, 0.2) is 0 Å². The third-order valence-corrected chi connectivity index (χ3v) is 2.78. The second-order valence-corrected chi connectivity index (χ2v) is 4.53. The van der Waals surface area contributed by atoms with Crippen molar-refractivity contribution < 1.29 is 4.74 Å². The SMILES string of the molecule is Cc1cccc(OCCCn2cc(CCN)nn2)c1. The van der Waals surface area contributed by atoms with Crippen LogP contribution in [0.3, 0.4) is 0 Å². The van der Waals surface area contributed by atoms with Gasteiger partial charge in [-0.1, -0.05) is 17.3 Å². The number of benzene rings is 1. The largest absolute Gasteiger partial charge is 0.494 e. The zero-order valence-corrected chi connectivity index (χ0v) is 11.2. The molecule has 2 rings (SSSR count). The number of hydrogen-bond acceptors (Lipinski definition) is 4. The molecule has 5 nitrogen and oxygen atoms in total.